The number of hydrogen-bond donors (Lipinski definition) is 1. The van der Waals surface area contributed by atoms with Crippen LogP contribution in [0.3, 0.4) is 0 Å². The minimum absolute atomic E-state index is 0.643. The van der Waals surface area contributed by atoms with Crippen LogP contribution in [0.25, 0.3) is 10.6 Å². The molecule has 0 fully saturated rings. The second kappa shape index (κ2) is 4.71. The number of methoxy groups -OCH3 is 2. The minimum Gasteiger partial charge on any atom is -0.493 e. The van der Waals surface area contributed by atoms with E-state index in [4.69, 9.17) is 9.47 Å². The van der Waals surface area contributed by atoms with Crippen LogP contribution in [0.4, 0.5) is 0 Å². The van der Waals surface area contributed by atoms with Crippen molar-refractivity contribution in [1.29, 1.82) is 0 Å². The summed E-state index contributed by atoms with van der Waals surface area (Å²) in [6, 6.07) is 5.62. The van der Waals surface area contributed by atoms with E-state index >= 15 is 0 Å². The summed E-state index contributed by atoms with van der Waals surface area (Å²) in [5.74, 6) is 1.37. The van der Waals surface area contributed by atoms with Gasteiger partial charge in [0.2, 0.25) is 0 Å². The molecule has 6 heteroatoms. The van der Waals surface area contributed by atoms with Gasteiger partial charge in [0.1, 0.15) is 5.01 Å². The Morgan fingerprint density at radius 2 is 1.88 bits per heavy atom. The van der Waals surface area contributed by atoms with Crippen LogP contribution >= 0.6 is 24.0 Å². The molecule has 0 unspecified atom stereocenters. The Kier molecular flexibility index (Phi) is 3.31. The van der Waals surface area contributed by atoms with Gasteiger partial charge in [-0.25, -0.2) is 0 Å². The first-order valence-corrected chi connectivity index (χ1v) is 5.76. The molecule has 0 aliphatic rings. The monoisotopic (exact) mass is 254 g/mol. The molecule has 0 atom stereocenters. The van der Waals surface area contributed by atoms with Crippen molar-refractivity contribution in [2.24, 2.45) is 0 Å². The Labute approximate surface area is 103 Å². The van der Waals surface area contributed by atoms with E-state index in [-0.39, 0.29) is 0 Å². The van der Waals surface area contributed by atoms with E-state index in [1.807, 2.05) is 18.2 Å². The van der Waals surface area contributed by atoms with Gasteiger partial charge in [0.15, 0.2) is 15.8 Å². The zero-order valence-corrected chi connectivity index (χ0v) is 10.5. The van der Waals surface area contributed by atoms with Gasteiger partial charge in [0, 0.05) is 5.56 Å². The molecule has 1 heterocycles. The summed E-state index contributed by atoms with van der Waals surface area (Å²) in [6.07, 6.45) is 0. The van der Waals surface area contributed by atoms with Crippen LogP contribution in [0.5, 0.6) is 11.5 Å². The fourth-order valence-electron chi connectivity index (χ4n) is 1.30. The lowest BCUT2D eigenvalue weighted by molar-refractivity contribution is 0.355. The Hall–Kier alpha value is -1.27. The van der Waals surface area contributed by atoms with E-state index in [0.29, 0.717) is 15.8 Å². The number of thiol groups is 1. The summed E-state index contributed by atoms with van der Waals surface area (Å²) in [5.41, 5.74) is 0.940. The standard InChI is InChI=1S/C10H10N2O2S2/c1-13-7-4-3-6(5-8(7)14-2)9-11-12-10(15)16-9/h3-5H,1-2H3,(H,12,15). The van der Waals surface area contributed by atoms with Gasteiger partial charge in [-0.1, -0.05) is 11.3 Å². The van der Waals surface area contributed by atoms with E-state index < -0.39 is 0 Å². The minimum atomic E-state index is 0.643. The molecule has 0 aliphatic heterocycles. The van der Waals surface area contributed by atoms with E-state index in [1.165, 1.54) is 11.3 Å². The summed E-state index contributed by atoms with van der Waals surface area (Å²) >= 11 is 5.55. The number of rotatable bonds is 3. The van der Waals surface area contributed by atoms with Crippen molar-refractivity contribution in [2.45, 2.75) is 4.34 Å². The molecule has 2 aromatic rings. The predicted octanol–water partition coefficient (Wildman–Crippen LogP) is 2.51. The SMILES string of the molecule is COc1ccc(-c2nnc(S)s2)cc1OC. The molecule has 0 N–H and O–H groups in total. The first-order valence-electron chi connectivity index (χ1n) is 4.49. The van der Waals surface area contributed by atoms with E-state index in [9.17, 15) is 0 Å². The van der Waals surface area contributed by atoms with Gasteiger partial charge in [-0.2, -0.15) is 0 Å². The number of benzene rings is 1. The summed E-state index contributed by atoms with van der Waals surface area (Å²) in [7, 11) is 3.21. The summed E-state index contributed by atoms with van der Waals surface area (Å²) in [4.78, 5) is 0. The van der Waals surface area contributed by atoms with E-state index in [0.717, 1.165) is 10.6 Å². The van der Waals surface area contributed by atoms with Gasteiger partial charge in [-0.05, 0) is 18.2 Å². The average molecular weight is 254 g/mol. The molecule has 0 saturated carbocycles. The molecule has 0 bridgehead atoms. The quantitative estimate of drug-likeness (QED) is 0.855. The van der Waals surface area contributed by atoms with Crippen molar-refractivity contribution in [3.63, 3.8) is 0 Å². The second-order valence-electron chi connectivity index (χ2n) is 2.96. The normalized spacial score (nSPS) is 10.2. The zero-order valence-electron chi connectivity index (χ0n) is 8.80. The molecule has 1 aromatic carbocycles. The Morgan fingerprint density at radius 1 is 1.12 bits per heavy atom. The van der Waals surface area contributed by atoms with Crippen molar-refractivity contribution >= 4 is 24.0 Å². The molecule has 0 amide bonds. The topological polar surface area (TPSA) is 44.2 Å². The lowest BCUT2D eigenvalue weighted by Crippen LogP contribution is -1.90. The van der Waals surface area contributed by atoms with Gasteiger partial charge in [-0.15, -0.1) is 22.8 Å². The largest absolute Gasteiger partial charge is 0.493 e. The van der Waals surface area contributed by atoms with Crippen molar-refractivity contribution in [3.05, 3.63) is 18.2 Å². The molecule has 0 saturated heterocycles. The highest BCUT2D eigenvalue weighted by Crippen LogP contribution is 2.33. The molecule has 4 nitrogen and oxygen atoms in total. The molecule has 1 aromatic heterocycles. The Morgan fingerprint density at radius 3 is 2.44 bits per heavy atom. The molecule has 0 aliphatic carbocycles. The van der Waals surface area contributed by atoms with Crippen LogP contribution in [0.1, 0.15) is 0 Å². The van der Waals surface area contributed by atoms with Crippen molar-refractivity contribution in [2.75, 3.05) is 14.2 Å². The number of hydrogen-bond acceptors (Lipinski definition) is 6. The van der Waals surface area contributed by atoms with Crippen LogP contribution in [0.2, 0.25) is 0 Å². The van der Waals surface area contributed by atoms with Crippen LogP contribution in [0.15, 0.2) is 22.5 Å². The van der Waals surface area contributed by atoms with Gasteiger partial charge < -0.3 is 9.47 Å². The molecular weight excluding hydrogens is 244 g/mol. The summed E-state index contributed by atoms with van der Waals surface area (Å²) in [5, 5.41) is 8.68. The van der Waals surface area contributed by atoms with Crippen LogP contribution in [-0.2, 0) is 0 Å². The van der Waals surface area contributed by atoms with Gasteiger partial charge >= 0.3 is 0 Å². The summed E-state index contributed by atoms with van der Waals surface area (Å²) in [6.45, 7) is 0. The average Bonchev–Trinajstić information content (AvgIpc) is 2.75. The third-order valence-corrected chi connectivity index (χ3v) is 3.18. The molecular formula is C10H10N2O2S2. The molecule has 16 heavy (non-hydrogen) atoms. The van der Waals surface area contributed by atoms with Gasteiger partial charge in [0.05, 0.1) is 14.2 Å². The second-order valence-corrected chi connectivity index (χ2v) is 4.66. The van der Waals surface area contributed by atoms with Crippen molar-refractivity contribution in [3.8, 4) is 22.1 Å². The molecule has 84 valence electrons. The summed E-state index contributed by atoms with van der Waals surface area (Å²) < 4.78 is 11.0. The lowest BCUT2D eigenvalue weighted by atomic mass is 10.2. The smallest absolute Gasteiger partial charge is 0.171 e. The van der Waals surface area contributed by atoms with E-state index in [2.05, 4.69) is 22.8 Å². The number of ether oxygens (including phenoxy) is 2. The third-order valence-electron chi connectivity index (χ3n) is 2.04. The Bertz CT molecular complexity index is 499. The van der Waals surface area contributed by atoms with Crippen LogP contribution < -0.4 is 9.47 Å². The van der Waals surface area contributed by atoms with Crippen molar-refractivity contribution in [1.82, 2.24) is 10.2 Å². The zero-order chi connectivity index (χ0) is 11.5. The first kappa shape index (κ1) is 11.2. The molecule has 2 rings (SSSR count). The maximum Gasteiger partial charge on any atom is 0.171 e. The third kappa shape index (κ3) is 2.12. The fraction of sp³-hybridized carbons (Fsp3) is 0.200. The predicted molar refractivity (Wildman–Crippen MR) is 65.7 cm³/mol. The Balaban J connectivity index is 2.43. The van der Waals surface area contributed by atoms with Crippen LogP contribution in [-0.4, -0.2) is 24.4 Å². The number of aromatic nitrogens is 2. The van der Waals surface area contributed by atoms with Crippen molar-refractivity contribution < 1.29 is 9.47 Å². The van der Waals surface area contributed by atoms with E-state index in [1.54, 1.807) is 14.2 Å². The highest BCUT2D eigenvalue weighted by Gasteiger charge is 2.09. The maximum absolute atomic E-state index is 5.22. The van der Waals surface area contributed by atoms with Gasteiger partial charge in [0.25, 0.3) is 0 Å². The van der Waals surface area contributed by atoms with Crippen LogP contribution in [0, 0.1) is 0 Å². The highest BCUT2D eigenvalue weighted by atomic mass is 32.2. The number of nitrogens with zero attached hydrogens (tertiary/aromatic N) is 2. The fourth-order valence-corrected chi connectivity index (χ4v) is 2.19. The maximum atomic E-state index is 5.22. The lowest BCUT2D eigenvalue weighted by Gasteiger charge is -2.07. The van der Waals surface area contributed by atoms with Gasteiger partial charge in [-0.3, -0.25) is 0 Å². The first-order chi connectivity index (χ1) is 7.74. The highest BCUT2D eigenvalue weighted by molar-refractivity contribution is 7.82. The molecule has 0 spiro atoms. The molecule has 0 radical (unpaired) electrons.